The van der Waals surface area contributed by atoms with Gasteiger partial charge in [-0.05, 0) is 74.4 Å². The Labute approximate surface area is 223 Å². The Morgan fingerprint density at radius 2 is 2.00 bits per heavy atom. The summed E-state index contributed by atoms with van der Waals surface area (Å²) in [5.74, 6) is 0.561. The van der Waals surface area contributed by atoms with Crippen LogP contribution in [0.3, 0.4) is 0 Å². The SMILES string of the molecule is CCCCOc1cc(C(=O)Nc2ccc(C)c(Nc3nccc(C4CCC=NC4)n3)c2)ccc1S(C)(=O)=O. The minimum absolute atomic E-state index is 0.0641. The first-order valence-corrected chi connectivity index (χ1v) is 14.6. The van der Waals surface area contributed by atoms with Crippen molar-refractivity contribution in [1.29, 1.82) is 0 Å². The van der Waals surface area contributed by atoms with Gasteiger partial charge < -0.3 is 15.4 Å². The number of benzene rings is 2. The van der Waals surface area contributed by atoms with E-state index in [0.29, 0.717) is 23.8 Å². The van der Waals surface area contributed by atoms with Crippen molar-refractivity contribution >= 4 is 39.3 Å². The number of hydrogen-bond donors (Lipinski definition) is 2. The largest absolute Gasteiger partial charge is 0.492 e. The van der Waals surface area contributed by atoms with Crippen LogP contribution in [0.5, 0.6) is 5.75 Å². The van der Waals surface area contributed by atoms with Crippen molar-refractivity contribution in [1.82, 2.24) is 9.97 Å². The molecule has 0 bridgehead atoms. The number of carbonyl (C=O) groups excluding carboxylic acids is 1. The first kappa shape index (κ1) is 27.3. The molecule has 3 aromatic rings. The summed E-state index contributed by atoms with van der Waals surface area (Å²) in [6.07, 6.45) is 8.46. The van der Waals surface area contributed by atoms with Gasteiger partial charge in [0.2, 0.25) is 5.95 Å². The summed E-state index contributed by atoms with van der Waals surface area (Å²) in [5, 5.41) is 6.16. The van der Waals surface area contributed by atoms with Gasteiger partial charge in [0.05, 0.1) is 12.3 Å². The summed E-state index contributed by atoms with van der Waals surface area (Å²) in [6, 6.07) is 11.8. The van der Waals surface area contributed by atoms with Gasteiger partial charge >= 0.3 is 0 Å². The highest BCUT2D eigenvalue weighted by molar-refractivity contribution is 7.90. The summed E-state index contributed by atoms with van der Waals surface area (Å²) in [7, 11) is -3.51. The second-order valence-electron chi connectivity index (χ2n) is 9.37. The van der Waals surface area contributed by atoms with E-state index in [-0.39, 0.29) is 22.5 Å². The van der Waals surface area contributed by atoms with Gasteiger partial charge in [-0.3, -0.25) is 9.79 Å². The van der Waals surface area contributed by atoms with E-state index in [1.165, 1.54) is 18.2 Å². The molecule has 2 N–H and O–H groups in total. The number of aliphatic imine (C=N–C) groups is 1. The highest BCUT2D eigenvalue weighted by atomic mass is 32.2. The fourth-order valence-electron chi connectivity index (χ4n) is 4.11. The molecule has 1 atom stereocenters. The van der Waals surface area contributed by atoms with Gasteiger partial charge in [-0.25, -0.2) is 18.4 Å². The molecule has 1 aliphatic rings. The van der Waals surface area contributed by atoms with E-state index < -0.39 is 9.84 Å². The van der Waals surface area contributed by atoms with E-state index in [0.717, 1.165) is 55.4 Å². The second-order valence-corrected chi connectivity index (χ2v) is 11.4. The molecule has 1 aromatic heterocycles. The number of rotatable bonds is 10. The molecule has 0 aliphatic carbocycles. The molecule has 0 radical (unpaired) electrons. The molecule has 4 rings (SSSR count). The number of sulfone groups is 1. The molecular weight excluding hydrogens is 502 g/mol. The molecule has 1 aliphatic heterocycles. The van der Waals surface area contributed by atoms with Crippen molar-refractivity contribution in [3.05, 3.63) is 65.5 Å². The standard InChI is InChI=1S/C28H33N5O4S/c1-4-5-15-37-25-16-20(9-11-26(25)38(3,35)36)27(34)31-22-10-8-19(2)24(17-22)33-28-30-14-12-23(32-28)21-7-6-13-29-18-21/h8-14,16-17,21H,4-7,15,18H2,1-3H3,(H,31,34)(H,30,32,33). The molecule has 0 saturated heterocycles. The van der Waals surface area contributed by atoms with Crippen LogP contribution in [0.1, 0.15) is 60.1 Å². The normalized spacial score (nSPS) is 15.2. The van der Waals surface area contributed by atoms with Crippen LogP contribution in [0, 0.1) is 6.92 Å². The monoisotopic (exact) mass is 535 g/mol. The topological polar surface area (TPSA) is 123 Å². The highest BCUT2D eigenvalue weighted by Gasteiger charge is 2.19. The summed E-state index contributed by atoms with van der Waals surface area (Å²) in [6.45, 7) is 5.07. The number of amides is 1. The molecule has 200 valence electrons. The van der Waals surface area contributed by atoms with Crippen LogP contribution in [-0.2, 0) is 9.84 Å². The summed E-state index contributed by atoms with van der Waals surface area (Å²) < 4.78 is 30.1. The van der Waals surface area contributed by atoms with E-state index in [1.807, 2.05) is 38.3 Å². The Kier molecular flexibility index (Phi) is 8.73. The van der Waals surface area contributed by atoms with Gasteiger partial charge in [0.15, 0.2) is 9.84 Å². The van der Waals surface area contributed by atoms with Crippen LogP contribution in [0.4, 0.5) is 17.3 Å². The second kappa shape index (κ2) is 12.2. The van der Waals surface area contributed by atoms with Crippen LogP contribution in [0.15, 0.2) is 58.5 Å². The average Bonchev–Trinajstić information content (AvgIpc) is 2.91. The maximum atomic E-state index is 13.1. The molecule has 0 saturated carbocycles. The number of unbranched alkanes of at least 4 members (excludes halogenated alkanes) is 1. The number of hydrogen-bond acceptors (Lipinski definition) is 8. The smallest absolute Gasteiger partial charge is 0.255 e. The molecule has 2 aromatic carbocycles. The van der Waals surface area contributed by atoms with Gasteiger partial charge in [-0.1, -0.05) is 19.4 Å². The Hall–Kier alpha value is -3.79. The molecule has 9 nitrogen and oxygen atoms in total. The zero-order chi connectivity index (χ0) is 27.1. The molecule has 38 heavy (non-hydrogen) atoms. The van der Waals surface area contributed by atoms with Crippen molar-refractivity contribution in [2.45, 2.75) is 50.3 Å². The Bertz CT molecular complexity index is 1440. The number of ether oxygens (including phenoxy) is 1. The lowest BCUT2D eigenvalue weighted by Crippen LogP contribution is -2.14. The molecule has 1 amide bonds. The fourth-order valence-corrected chi connectivity index (χ4v) is 4.91. The Morgan fingerprint density at radius 1 is 1.16 bits per heavy atom. The predicted molar refractivity (Wildman–Crippen MR) is 150 cm³/mol. The minimum atomic E-state index is -3.51. The van der Waals surface area contributed by atoms with E-state index in [1.54, 1.807) is 12.3 Å². The molecule has 1 unspecified atom stereocenters. The van der Waals surface area contributed by atoms with Crippen LogP contribution in [-0.4, -0.2) is 49.9 Å². The van der Waals surface area contributed by atoms with Crippen molar-refractivity contribution in [2.24, 2.45) is 4.99 Å². The fraction of sp³-hybridized carbons (Fsp3) is 0.357. The van der Waals surface area contributed by atoms with Crippen molar-refractivity contribution in [3.63, 3.8) is 0 Å². The zero-order valence-electron chi connectivity index (χ0n) is 21.9. The molecule has 0 fully saturated rings. The molecule has 2 heterocycles. The number of aryl methyl sites for hydroxylation is 1. The molecule has 0 spiro atoms. The number of nitrogens with one attached hydrogen (secondary N) is 2. The van der Waals surface area contributed by atoms with Gasteiger partial charge in [-0.2, -0.15) is 0 Å². The first-order chi connectivity index (χ1) is 18.2. The summed E-state index contributed by atoms with van der Waals surface area (Å²) >= 11 is 0. The van der Waals surface area contributed by atoms with Gasteiger partial charge in [0, 0.05) is 41.9 Å². The van der Waals surface area contributed by atoms with Gasteiger partial charge in [-0.15, -0.1) is 0 Å². The van der Waals surface area contributed by atoms with Crippen LogP contribution in [0.25, 0.3) is 0 Å². The lowest BCUT2D eigenvalue weighted by Gasteiger charge is -2.17. The Balaban J connectivity index is 1.51. The maximum Gasteiger partial charge on any atom is 0.255 e. The van der Waals surface area contributed by atoms with Crippen LogP contribution < -0.4 is 15.4 Å². The highest BCUT2D eigenvalue weighted by Crippen LogP contribution is 2.28. The third kappa shape index (κ3) is 6.95. The number of nitrogens with zero attached hydrogens (tertiary/aromatic N) is 3. The lowest BCUT2D eigenvalue weighted by molar-refractivity contribution is 0.102. The summed E-state index contributed by atoms with van der Waals surface area (Å²) in [5.41, 5.74) is 3.55. The Morgan fingerprint density at radius 3 is 2.74 bits per heavy atom. The molecule has 10 heteroatoms. The number of anilines is 3. The maximum absolute atomic E-state index is 13.1. The lowest BCUT2D eigenvalue weighted by atomic mass is 9.98. The van der Waals surface area contributed by atoms with Crippen molar-refractivity contribution in [3.8, 4) is 5.75 Å². The predicted octanol–water partition coefficient (Wildman–Crippen LogP) is 5.31. The first-order valence-electron chi connectivity index (χ1n) is 12.7. The number of carbonyl (C=O) groups is 1. The quantitative estimate of drug-likeness (QED) is 0.337. The van der Waals surface area contributed by atoms with Crippen LogP contribution in [0.2, 0.25) is 0 Å². The number of aromatic nitrogens is 2. The van der Waals surface area contributed by atoms with E-state index >= 15 is 0 Å². The zero-order valence-corrected chi connectivity index (χ0v) is 22.7. The van der Waals surface area contributed by atoms with Crippen LogP contribution >= 0.6 is 0 Å². The van der Waals surface area contributed by atoms with Gasteiger partial charge in [0.25, 0.3) is 5.91 Å². The van der Waals surface area contributed by atoms with Crippen molar-refractivity contribution < 1.29 is 17.9 Å². The third-order valence-electron chi connectivity index (χ3n) is 6.30. The van der Waals surface area contributed by atoms with Crippen molar-refractivity contribution in [2.75, 3.05) is 30.0 Å². The summed E-state index contributed by atoms with van der Waals surface area (Å²) in [4.78, 5) is 26.6. The van der Waals surface area contributed by atoms with E-state index in [4.69, 9.17) is 9.72 Å². The molecular formula is C28H33N5O4S. The average molecular weight is 536 g/mol. The van der Waals surface area contributed by atoms with E-state index in [2.05, 4.69) is 20.6 Å². The van der Waals surface area contributed by atoms with E-state index in [9.17, 15) is 13.2 Å². The third-order valence-corrected chi connectivity index (χ3v) is 7.43. The van der Waals surface area contributed by atoms with Gasteiger partial charge in [0.1, 0.15) is 10.6 Å². The minimum Gasteiger partial charge on any atom is -0.492 e.